The standard InChI is InChI=1S/C19H23N5OS/c1-11-6-7-14-13(9-11)15-17-21-16(22-24(17)10-20-18(15)26-14)19(25)23-8-4-3-5-12(23)2/h10-12H,3-9H2,1-2H3/t11-,12+/m1/s1. The van der Waals surface area contributed by atoms with Crippen molar-refractivity contribution < 1.29 is 4.79 Å². The van der Waals surface area contributed by atoms with Gasteiger partial charge in [0.2, 0.25) is 5.82 Å². The number of amides is 1. The minimum absolute atomic E-state index is 0.0495. The van der Waals surface area contributed by atoms with E-state index in [4.69, 9.17) is 0 Å². The van der Waals surface area contributed by atoms with E-state index >= 15 is 0 Å². The minimum atomic E-state index is -0.0495. The van der Waals surface area contributed by atoms with Gasteiger partial charge in [0.05, 0.1) is 5.39 Å². The van der Waals surface area contributed by atoms with E-state index in [1.165, 1.54) is 23.3 Å². The molecule has 3 aromatic heterocycles. The Morgan fingerprint density at radius 2 is 2.15 bits per heavy atom. The quantitative estimate of drug-likeness (QED) is 0.659. The number of thiophene rings is 1. The lowest BCUT2D eigenvalue weighted by Crippen LogP contribution is -2.42. The van der Waals surface area contributed by atoms with Gasteiger partial charge in [-0.05, 0) is 56.9 Å². The van der Waals surface area contributed by atoms with Crippen molar-refractivity contribution in [2.45, 2.75) is 58.4 Å². The summed E-state index contributed by atoms with van der Waals surface area (Å²) in [5.41, 5.74) is 2.16. The summed E-state index contributed by atoms with van der Waals surface area (Å²) in [6.07, 6.45) is 8.43. The molecule has 1 amide bonds. The fourth-order valence-electron chi connectivity index (χ4n) is 4.37. The van der Waals surface area contributed by atoms with E-state index in [1.807, 2.05) is 4.90 Å². The summed E-state index contributed by atoms with van der Waals surface area (Å²) in [5.74, 6) is 0.933. The molecule has 1 aliphatic heterocycles. The van der Waals surface area contributed by atoms with Gasteiger partial charge in [-0.1, -0.05) is 6.92 Å². The second-order valence-electron chi connectivity index (χ2n) is 7.82. The molecule has 6 nitrogen and oxygen atoms in total. The van der Waals surface area contributed by atoms with E-state index in [0.717, 1.165) is 48.1 Å². The number of aromatic nitrogens is 4. The maximum Gasteiger partial charge on any atom is 0.293 e. The third kappa shape index (κ3) is 2.44. The van der Waals surface area contributed by atoms with E-state index in [-0.39, 0.29) is 11.9 Å². The molecule has 0 saturated carbocycles. The Morgan fingerprint density at radius 1 is 1.27 bits per heavy atom. The molecule has 2 atom stereocenters. The van der Waals surface area contributed by atoms with Crippen LogP contribution in [0.5, 0.6) is 0 Å². The Labute approximate surface area is 156 Å². The molecule has 5 rings (SSSR count). The third-order valence-electron chi connectivity index (χ3n) is 5.88. The molecule has 1 fully saturated rings. The molecule has 4 heterocycles. The third-order valence-corrected chi connectivity index (χ3v) is 7.08. The highest BCUT2D eigenvalue weighted by Gasteiger charge is 2.29. The Kier molecular flexibility index (Phi) is 3.74. The first-order valence-corrected chi connectivity index (χ1v) is 10.4. The molecule has 0 aromatic carbocycles. The first-order valence-electron chi connectivity index (χ1n) is 9.58. The Balaban J connectivity index is 1.62. The topological polar surface area (TPSA) is 63.4 Å². The first kappa shape index (κ1) is 16.2. The average Bonchev–Trinajstić information content (AvgIpc) is 3.22. The number of likely N-dealkylation sites (tertiary alicyclic amines) is 1. The van der Waals surface area contributed by atoms with Crippen LogP contribution >= 0.6 is 11.3 Å². The summed E-state index contributed by atoms with van der Waals surface area (Å²) in [7, 11) is 0. The van der Waals surface area contributed by atoms with Crippen molar-refractivity contribution in [3.63, 3.8) is 0 Å². The summed E-state index contributed by atoms with van der Waals surface area (Å²) >= 11 is 1.78. The van der Waals surface area contributed by atoms with Crippen LogP contribution in [0.1, 0.15) is 60.6 Å². The first-order chi connectivity index (χ1) is 12.6. The van der Waals surface area contributed by atoms with Crippen LogP contribution in [0.25, 0.3) is 15.9 Å². The Hall–Kier alpha value is -2.02. The normalized spacial score (nSPS) is 23.5. The molecule has 26 heavy (non-hydrogen) atoms. The summed E-state index contributed by atoms with van der Waals surface area (Å²) in [4.78, 5) is 26.6. The number of hydrogen-bond donors (Lipinski definition) is 0. The van der Waals surface area contributed by atoms with Crippen LogP contribution in [-0.4, -0.2) is 43.0 Å². The van der Waals surface area contributed by atoms with Gasteiger partial charge in [-0.15, -0.1) is 16.4 Å². The fourth-order valence-corrected chi connectivity index (χ4v) is 5.54. The van der Waals surface area contributed by atoms with Gasteiger partial charge in [0.1, 0.15) is 11.2 Å². The Morgan fingerprint density at radius 3 is 3.00 bits per heavy atom. The molecule has 0 unspecified atom stereocenters. The maximum atomic E-state index is 13.0. The SMILES string of the molecule is C[C@@H]1CCc2sc3ncn4nc(C(=O)N5CCCC[C@@H]5C)nc4c3c2C1. The molecule has 2 aliphatic rings. The van der Waals surface area contributed by atoms with Crippen molar-refractivity contribution in [3.05, 3.63) is 22.6 Å². The van der Waals surface area contributed by atoms with Crippen molar-refractivity contribution >= 4 is 33.1 Å². The van der Waals surface area contributed by atoms with Crippen LogP contribution in [0, 0.1) is 5.92 Å². The van der Waals surface area contributed by atoms with E-state index in [1.54, 1.807) is 22.2 Å². The highest BCUT2D eigenvalue weighted by Crippen LogP contribution is 2.38. The molecule has 0 bridgehead atoms. The average molecular weight is 369 g/mol. The van der Waals surface area contributed by atoms with Crippen molar-refractivity contribution in [3.8, 4) is 0 Å². The molecule has 7 heteroatoms. The lowest BCUT2D eigenvalue weighted by atomic mass is 9.89. The smallest absolute Gasteiger partial charge is 0.293 e. The lowest BCUT2D eigenvalue weighted by molar-refractivity contribution is 0.0623. The highest BCUT2D eigenvalue weighted by molar-refractivity contribution is 7.19. The molecule has 136 valence electrons. The number of carbonyl (C=O) groups excluding carboxylic acids is 1. The van der Waals surface area contributed by atoms with E-state index < -0.39 is 0 Å². The van der Waals surface area contributed by atoms with Gasteiger partial charge in [0.25, 0.3) is 5.91 Å². The molecule has 0 radical (unpaired) electrons. The summed E-state index contributed by atoms with van der Waals surface area (Å²) in [6.45, 7) is 5.22. The molecular weight excluding hydrogens is 346 g/mol. The molecule has 3 aromatic rings. The zero-order chi connectivity index (χ0) is 17.8. The number of piperidine rings is 1. The number of carbonyl (C=O) groups is 1. The molecule has 0 spiro atoms. The van der Waals surface area contributed by atoms with Crippen LogP contribution in [0.4, 0.5) is 0 Å². The van der Waals surface area contributed by atoms with E-state index in [9.17, 15) is 4.79 Å². The summed E-state index contributed by atoms with van der Waals surface area (Å²) in [5, 5.41) is 5.59. The largest absolute Gasteiger partial charge is 0.333 e. The van der Waals surface area contributed by atoms with Crippen molar-refractivity contribution in [2.24, 2.45) is 5.92 Å². The fraction of sp³-hybridized carbons (Fsp3) is 0.579. The second-order valence-corrected chi connectivity index (χ2v) is 8.91. The van der Waals surface area contributed by atoms with Crippen LogP contribution < -0.4 is 0 Å². The van der Waals surface area contributed by atoms with E-state index in [2.05, 4.69) is 28.9 Å². The second kappa shape index (κ2) is 6.01. The molecule has 1 aliphatic carbocycles. The number of aryl methyl sites for hydroxylation is 1. The van der Waals surface area contributed by atoms with Crippen LogP contribution in [-0.2, 0) is 12.8 Å². The number of nitrogens with zero attached hydrogens (tertiary/aromatic N) is 5. The predicted molar refractivity (Wildman–Crippen MR) is 102 cm³/mol. The summed E-state index contributed by atoms with van der Waals surface area (Å²) < 4.78 is 1.69. The lowest BCUT2D eigenvalue weighted by Gasteiger charge is -2.32. The van der Waals surface area contributed by atoms with Gasteiger partial charge >= 0.3 is 0 Å². The van der Waals surface area contributed by atoms with Gasteiger partial charge in [0.15, 0.2) is 5.65 Å². The van der Waals surface area contributed by atoms with Gasteiger partial charge < -0.3 is 4.90 Å². The molecule has 0 N–H and O–H groups in total. The zero-order valence-corrected chi connectivity index (χ0v) is 16.1. The molecule has 1 saturated heterocycles. The zero-order valence-electron chi connectivity index (χ0n) is 15.2. The van der Waals surface area contributed by atoms with Gasteiger partial charge in [0, 0.05) is 17.5 Å². The Bertz CT molecular complexity index is 1010. The maximum absolute atomic E-state index is 13.0. The van der Waals surface area contributed by atoms with Crippen LogP contribution in [0.2, 0.25) is 0 Å². The van der Waals surface area contributed by atoms with Crippen LogP contribution in [0.15, 0.2) is 6.33 Å². The number of rotatable bonds is 1. The van der Waals surface area contributed by atoms with Gasteiger partial charge in [-0.3, -0.25) is 4.79 Å². The van der Waals surface area contributed by atoms with Crippen molar-refractivity contribution in [2.75, 3.05) is 6.54 Å². The number of fused-ring (bicyclic) bond motifs is 5. The molecular formula is C19H23N5OS. The van der Waals surface area contributed by atoms with E-state index in [0.29, 0.717) is 11.7 Å². The summed E-state index contributed by atoms with van der Waals surface area (Å²) in [6, 6.07) is 0.260. The number of hydrogen-bond acceptors (Lipinski definition) is 5. The monoisotopic (exact) mass is 369 g/mol. The van der Waals surface area contributed by atoms with Crippen LogP contribution in [0.3, 0.4) is 0 Å². The highest BCUT2D eigenvalue weighted by atomic mass is 32.1. The van der Waals surface area contributed by atoms with Crippen molar-refractivity contribution in [1.82, 2.24) is 24.5 Å². The van der Waals surface area contributed by atoms with Gasteiger partial charge in [-0.25, -0.2) is 14.5 Å². The van der Waals surface area contributed by atoms with Gasteiger partial charge in [-0.2, -0.15) is 0 Å². The van der Waals surface area contributed by atoms with Crippen molar-refractivity contribution in [1.29, 1.82) is 0 Å². The predicted octanol–water partition coefficient (Wildman–Crippen LogP) is 3.48. The minimum Gasteiger partial charge on any atom is -0.333 e.